The lowest BCUT2D eigenvalue weighted by atomic mass is 9.97. The molecule has 49 heavy (non-hydrogen) atoms. The van der Waals surface area contributed by atoms with Crippen LogP contribution in [0.2, 0.25) is 0 Å². The largest absolute Gasteiger partial charge is 0.619 e. The average molecular weight is 682 g/mol. The van der Waals surface area contributed by atoms with E-state index >= 15 is 0 Å². The summed E-state index contributed by atoms with van der Waals surface area (Å²) in [7, 11) is 0. The molecule has 0 bridgehead atoms. The van der Waals surface area contributed by atoms with Gasteiger partial charge in [0.25, 0.3) is 5.91 Å². The van der Waals surface area contributed by atoms with Crippen LogP contribution in [0.5, 0.6) is 0 Å². The maximum atomic E-state index is 13.7. The number of nitrogens with one attached hydrogen (secondary N) is 6. The Kier molecular flexibility index (Phi) is 17.2. The molecule has 0 aliphatic rings. The third-order valence-corrected chi connectivity index (χ3v) is 8.39. The highest BCUT2D eigenvalue weighted by molar-refractivity contribution is 5.98. The van der Waals surface area contributed by atoms with E-state index in [0.717, 1.165) is 5.56 Å². The van der Waals surface area contributed by atoms with Gasteiger partial charge in [0.2, 0.25) is 23.6 Å². The van der Waals surface area contributed by atoms with Gasteiger partial charge >= 0.3 is 0 Å². The summed E-state index contributed by atoms with van der Waals surface area (Å²) in [5.74, 6) is -2.32. The van der Waals surface area contributed by atoms with Crippen molar-refractivity contribution in [1.82, 2.24) is 31.9 Å². The van der Waals surface area contributed by atoms with Gasteiger partial charge in [0.15, 0.2) is 12.4 Å². The summed E-state index contributed by atoms with van der Waals surface area (Å²) >= 11 is 0. The van der Waals surface area contributed by atoms with Crippen molar-refractivity contribution in [2.75, 3.05) is 13.1 Å². The average Bonchev–Trinajstić information content (AvgIpc) is 3.08. The number of pyridine rings is 1. The number of carbonyl (C=O) groups excluding carboxylic acids is 5. The summed E-state index contributed by atoms with van der Waals surface area (Å²) in [6, 6.07) is 8.76. The van der Waals surface area contributed by atoms with Crippen molar-refractivity contribution in [3.63, 3.8) is 0 Å². The molecule has 1 aromatic heterocycles. The predicted molar refractivity (Wildman–Crippen MR) is 188 cm³/mol. The highest BCUT2D eigenvalue weighted by Crippen LogP contribution is 2.12. The first-order valence-electron chi connectivity index (χ1n) is 17.3. The van der Waals surface area contributed by atoms with Gasteiger partial charge < -0.3 is 37.1 Å². The monoisotopic (exact) mass is 681 g/mol. The van der Waals surface area contributed by atoms with Crippen LogP contribution in [-0.4, -0.2) is 72.8 Å². The standard InChI is InChI=1S/C36H55N7O6/c1-8-14-29(40-36(48)31(24(6)9-2)42-33(45)27-17-19-43(49)20-18-27)34(46)39-28(21-26-15-12-11-13-16-26)22-38-25(7)32(44)41-30(23(4)5)35(47)37-10-3/h11-13,15-20,23-25,28-31,38H,8-10,14,21-22H2,1-7H3,(H,37,47)(H,39,46)(H,40,48)(H,41,44)(H,42,45)/t24-,25-,28-,29-,30-,31-/m0/s1. The summed E-state index contributed by atoms with van der Waals surface area (Å²) in [4.78, 5) is 65.9. The van der Waals surface area contributed by atoms with E-state index in [2.05, 4.69) is 31.9 Å². The summed E-state index contributed by atoms with van der Waals surface area (Å²) in [5.41, 5.74) is 1.21. The zero-order valence-corrected chi connectivity index (χ0v) is 29.9. The van der Waals surface area contributed by atoms with Gasteiger partial charge in [-0.15, -0.1) is 0 Å². The number of hydrogen-bond acceptors (Lipinski definition) is 7. The van der Waals surface area contributed by atoms with E-state index in [1.165, 1.54) is 24.5 Å². The van der Waals surface area contributed by atoms with Gasteiger partial charge in [-0.05, 0) is 44.1 Å². The molecule has 0 saturated carbocycles. The fourth-order valence-electron chi connectivity index (χ4n) is 5.19. The smallest absolute Gasteiger partial charge is 0.252 e. The minimum Gasteiger partial charge on any atom is -0.619 e. The fraction of sp³-hybridized carbons (Fsp3) is 0.556. The van der Waals surface area contributed by atoms with Gasteiger partial charge in [0, 0.05) is 31.3 Å². The number of amides is 5. The van der Waals surface area contributed by atoms with Gasteiger partial charge in [0.05, 0.1) is 11.6 Å². The van der Waals surface area contributed by atoms with Gasteiger partial charge in [0.1, 0.15) is 18.1 Å². The summed E-state index contributed by atoms with van der Waals surface area (Å²) in [5, 5.41) is 28.9. The van der Waals surface area contributed by atoms with Gasteiger partial charge in [-0.2, -0.15) is 4.73 Å². The second kappa shape index (κ2) is 20.8. The van der Waals surface area contributed by atoms with Crippen molar-refractivity contribution in [3.8, 4) is 0 Å². The first kappa shape index (κ1) is 40.7. The lowest BCUT2D eigenvalue weighted by Gasteiger charge is -2.28. The Hall–Kier alpha value is -4.52. The lowest BCUT2D eigenvalue weighted by Crippen LogP contribution is -2.58. The first-order chi connectivity index (χ1) is 23.3. The molecule has 13 heteroatoms. The molecule has 0 aliphatic carbocycles. The maximum Gasteiger partial charge on any atom is 0.252 e. The number of likely N-dealkylation sites (N-methyl/N-ethyl adjacent to an activating group) is 1. The first-order valence-corrected chi connectivity index (χ1v) is 17.3. The molecule has 0 unspecified atom stereocenters. The van der Waals surface area contributed by atoms with Gasteiger partial charge in [-0.1, -0.05) is 77.8 Å². The van der Waals surface area contributed by atoms with Crippen LogP contribution in [0.3, 0.4) is 0 Å². The van der Waals surface area contributed by atoms with Crippen molar-refractivity contribution >= 4 is 29.5 Å². The lowest BCUT2D eigenvalue weighted by molar-refractivity contribution is -0.605. The van der Waals surface area contributed by atoms with Crippen molar-refractivity contribution in [3.05, 3.63) is 71.2 Å². The number of aromatic nitrogens is 1. The minimum absolute atomic E-state index is 0.115. The third kappa shape index (κ3) is 13.5. The minimum atomic E-state index is -0.917. The van der Waals surface area contributed by atoms with E-state index in [-0.39, 0.29) is 41.7 Å². The van der Waals surface area contributed by atoms with Crippen LogP contribution in [0.4, 0.5) is 0 Å². The van der Waals surface area contributed by atoms with Crippen LogP contribution in [-0.2, 0) is 25.6 Å². The molecule has 0 fully saturated rings. The second-order valence-corrected chi connectivity index (χ2v) is 12.8. The fourth-order valence-corrected chi connectivity index (χ4v) is 5.19. The highest BCUT2D eigenvalue weighted by Gasteiger charge is 2.31. The molecule has 0 spiro atoms. The zero-order valence-electron chi connectivity index (χ0n) is 29.9. The number of carbonyl (C=O) groups is 5. The maximum absolute atomic E-state index is 13.7. The van der Waals surface area contributed by atoms with Crippen molar-refractivity contribution in [1.29, 1.82) is 0 Å². The van der Waals surface area contributed by atoms with E-state index in [1.807, 2.05) is 71.9 Å². The van der Waals surface area contributed by atoms with E-state index in [1.54, 1.807) is 6.92 Å². The predicted octanol–water partition coefficient (Wildman–Crippen LogP) is 1.73. The topological polar surface area (TPSA) is 184 Å². The molecule has 5 amide bonds. The molecule has 0 radical (unpaired) electrons. The van der Waals surface area contributed by atoms with Crippen LogP contribution in [0.15, 0.2) is 54.9 Å². The molecule has 0 aliphatic heterocycles. The van der Waals surface area contributed by atoms with E-state index < -0.39 is 42.0 Å². The summed E-state index contributed by atoms with van der Waals surface area (Å²) < 4.78 is 0.566. The Morgan fingerprint density at radius 2 is 1.41 bits per heavy atom. The second-order valence-electron chi connectivity index (χ2n) is 12.8. The van der Waals surface area contributed by atoms with Crippen LogP contribution >= 0.6 is 0 Å². The molecule has 2 rings (SSSR count). The van der Waals surface area contributed by atoms with Crippen molar-refractivity contribution in [2.24, 2.45) is 11.8 Å². The summed E-state index contributed by atoms with van der Waals surface area (Å²) in [6.07, 6.45) is 4.44. The Labute approximate surface area is 290 Å². The SMILES string of the molecule is CCC[C@H](NC(=O)[C@@H](NC(=O)c1cc[n+]([O-])cc1)[C@@H](C)CC)C(=O)N[C@H](CN[C@@H](C)C(=O)N[C@H](C(=O)NCC)C(C)C)Cc1ccccc1. The molecule has 6 N–H and O–H groups in total. The molecule has 0 saturated heterocycles. The Morgan fingerprint density at radius 3 is 1.98 bits per heavy atom. The van der Waals surface area contributed by atoms with Gasteiger partial charge in [-0.25, -0.2) is 0 Å². The molecule has 1 aromatic carbocycles. The molecule has 6 atom stereocenters. The van der Waals surface area contributed by atoms with Crippen LogP contribution in [0.1, 0.15) is 83.7 Å². The highest BCUT2D eigenvalue weighted by atomic mass is 16.5. The van der Waals surface area contributed by atoms with Gasteiger partial charge in [-0.3, -0.25) is 24.0 Å². The molecular formula is C36H55N7O6. The Bertz CT molecular complexity index is 1360. The molecule has 270 valence electrons. The molecule has 13 nitrogen and oxygen atoms in total. The summed E-state index contributed by atoms with van der Waals surface area (Å²) in [6.45, 7) is 13.6. The van der Waals surface area contributed by atoms with Crippen molar-refractivity contribution in [2.45, 2.75) is 104 Å². The third-order valence-electron chi connectivity index (χ3n) is 8.39. The number of hydrogen-bond donors (Lipinski definition) is 6. The Balaban J connectivity index is 2.18. The zero-order chi connectivity index (χ0) is 36.5. The van der Waals surface area contributed by atoms with Crippen LogP contribution < -0.4 is 36.6 Å². The number of nitrogens with zero attached hydrogens (tertiary/aromatic N) is 1. The molecule has 1 heterocycles. The normalized spacial score (nSPS) is 14.8. The van der Waals surface area contributed by atoms with E-state index in [9.17, 15) is 29.2 Å². The number of benzene rings is 1. The van der Waals surface area contributed by atoms with Crippen LogP contribution in [0.25, 0.3) is 0 Å². The number of rotatable bonds is 20. The quantitative estimate of drug-likeness (QED) is 0.0908. The van der Waals surface area contributed by atoms with E-state index in [0.29, 0.717) is 37.0 Å². The Morgan fingerprint density at radius 1 is 0.755 bits per heavy atom. The molecule has 2 aromatic rings. The van der Waals surface area contributed by atoms with Crippen molar-refractivity contribution < 1.29 is 28.7 Å². The van der Waals surface area contributed by atoms with E-state index in [4.69, 9.17) is 0 Å². The van der Waals surface area contributed by atoms with Crippen LogP contribution in [0, 0.1) is 17.0 Å². The molecular weight excluding hydrogens is 626 g/mol.